The van der Waals surface area contributed by atoms with E-state index in [1.165, 1.54) is 31.3 Å². The Kier molecular flexibility index (Phi) is 3.84. The van der Waals surface area contributed by atoms with Crippen molar-refractivity contribution >= 4 is 6.41 Å². The fourth-order valence-corrected chi connectivity index (χ4v) is 4.44. The zero-order chi connectivity index (χ0) is 13.3. The van der Waals surface area contributed by atoms with Crippen LogP contribution in [0.4, 0.5) is 0 Å². The van der Waals surface area contributed by atoms with Crippen LogP contribution in [-0.4, -0.2) is 12.5 Å². The zero-order valence-electron chi connectivity index (χ0n) is 12.0. The first-order valence-corrected chi connectivity index (χ1v) is 7.34. The van der Waals surface area contributed by atoms with Crippen LogP contribution in [0.3, 0.4) is 0 Å². The summed E-state index contributed by atoms with van der Waals surface area (Å²) in [4.78, 5) is 10.8. The van der Waals surface area contributed by atoms with Crippen LogP contribution in [0.2, 0.25) is 0 Å². The lowest BCUT2D eigenvalue weighted by Gasteiger charge is -2.54. The summed E-state index contributed by atoms with van der Waals surface area (Å²) < 4.78 is 0. The van der Waals surface area contributed by atoms with Crippen molar-refractivity contribution in [3.63, 3.8) is 0 Å². The predicted octanol–water partition coefficient (Wildman–Crippen LogP) is 3.53. The molecule has 1 unspecified atom stereocenters. The van der Waals surface area contributed by atoms with Crippen LogP contribution in [0.25, 0.3) is 0 Å². The monoisotopic (exact) mass is 249 g/mol. The average Bonchev–Trinajstić information content (AvgIpc) is 2.33. The number of carbonyl (C=O) groups is 1. The Morgan fingerprint density at radius 1 is 1.39 bits per heavy atom. The van der Waals surface area contributed by atoms with Crippen LogP contribution in [0.5, 0.6) is 0 Å². The normalized spacial score (nSPS) is 43.9. The average molecular weight is 249 g/mol. The summed E-state index contributed by atoms with van der Waals surface area (Å²) in [7, 11) is 0. The van der Waals surface area contributed by atoms with Crippen LogP contribution >= 0.6 is 0 Å². The van der Waals surface area contributed by atoms with Crippen LogP contribution in [0.1, 0.15) is 52.9 Å². The molecular weight excluding hydrogens is 222 g/mol. The maximum Gasteiger partial charge on any atom is 0.207 e. The molecule has 0 aromatic heterocycles. The number of fused-ring (bicyclic) bond motifs is 1. The highest BCUT2D eigenvalue weighted by Gasteiger charge is 2.49. The van der Waals surface area contributed by atoms with Crippen LogP contribution in [0.15, 0.2) is 12.2 Å². The SMILES string of the molecule is C=C(C)[C@H]1CC[C@@]2(C)C(NC=O)CC[C@@H](C)[C@H]2C1. The Balaban J connectivity index is 2.19. The molecule has 0 aliphatic heterocycles. The van der Waals surface area contributed by atoms with Crippen molar-refractivity contribution in [1.82, 2.24) is 5.32 Å². The Bertz CT molecular complexity index is 338. The molecule has 2 rings (SSSR count). The summed E-state index contributed by atoms with van der Waals surface area (Å²) in [6, 6.07) is 0.377. The predicted molar refractivity (Wildman–Crippen MR) is 75.1 cm³/mol. The zero-order valence-corrected chi connectivity index (χ0v) is 12.0. The second kappa shape index (κ2) is 5.07. The van der Waals surface area contributed by atoms with E-state index in [1.54, 1.807) is 0 Å². The quantitative estimate of drug-likeness (QED) is 0.601. The molecule has 1 N–H and O–H groups in total. The van der Waals surface area contributed by atoms with Gasteiger partial charge < -0.3 is 5.32 Å². The minimum Gasteiger partial charge on any atom is -0.355 e. The summed E-state index contributed by atoms with van der Waals surface area (Å²) in [6.07, 6.45) is 7.02. The Hall–Kier alpha value is -0.790. The second-order valence-electron chi connectivity index (χ2n) is 6.82. The number of hydrogen-bond acceptors (Lipinski definition) is 1. The molecular formula is C16H27NO. The highest BCUT2D eigenvalue weighted by molar-refractivity contribution is 5.47. The van der Waals surface area contributed by atoms with Crippen molar-refractivity contribution in [3.05, 3.63) is 12.2 Å². The lowest BCUT2D eigenvalue weighted by Crippen LogP contribution is -2.54. The van der Waals surface area contributed by atoms with Crippen LogP contribution in [-0.2, 0) is 4.79 Å². The largest absolute Gasteiger partial charge is 0.355 e. The molecule has 0 bridgehead atoms. The standard InChI is InChI=1S/C16H27NO/c1-11(2)13-7-8-16(4)14(9-13)12(3)5-6-15(16)17-10-18/h10,12-15H,1,5-9H2,2-4H3,(H,17,18)/t12-,13+,14-,15?,16-/m1/s1. The minimum atomic E-state index is 0.296. The van der Waals surface area contributed by atoms with E-state index in [4.69, 9.17) is 0 Å². The van der Waals surface area contributed by atoms with E-state index >= 15 is 0 Å². The van der Waals surface area contributed by atoms with Gasteiger partial charge in [0.2, 0.25) is 6.41 Å². The highest BCUT2D eigenvalue weighted by Crippen LogP contribution is 2.54. The van der Waals surface area contributed by atoms with E-state index < -0.39 is 0 Å². The van der Waals surface area contributed by atoms with E-state index in [0.717, 1.165) is 24.7 Å². The topological polar surface area (TPSA) is 29.1 Å². The Labute approximate surface area is 111 Å². The molecule has 0 radical (unpaired) electrons. The van der Waals surface area contributed by atoms with Gasteiger partial charge in [0.15, 0.2) is 0 Å². The number of allylic oxidation sites excluding steroid dienone is 1. The third kappa shape index (κ3) is 2.22. The maximum absolute atomic E-state index is 10.8. The lowest BCUT2D eigenvalue weighted by atomic mass is 9.52. The molecule has 0 aromatic carbocycles. The summed E-state index contributed by atoms with van der Waals surface area (Å²) in [5, 5.41) is 3.09. The van der Waals surface area contributed by atoms with Crippen molar-refractivity contribution in [2.75, 3.05) is 0 Å². The third-order valence-electron chi connectivity index (χ3n) is 5.78. The highest BCUT2D eigenvalue weighted by atomic mass is 16.1. The third-order valence-corrected chi connectivity index (χ3v) is 5.78. The summed E-state index contributed by atoms with van der Waals surface area (Å²) >= 11 is 0. The van der Waals surface area contributed by atoms with E-state index in [1.807, 2.05) is 0 Å². The second-order valence-corrected chi connectivity index (χ2v) is 6.82. The van der Waals surface area contributed by atoms with E-state index in [9.17, 15) is 4.79 Å². The van der Waals surface area contributed by atoms with Crippen molar-refractivity contribution in [2.45, 2.75) is 58.9 Å². The van der Waals surface area contributed by atoms with Gasteiger partial charge in [-0.2, -0.15) is 0 Å². The molecule has 1 amide bonds. The molecule has 2 heteroatoms. The molecule has 2 fully saturated rings. The molecule has 2 aliphatic carbocycles. The molecule has 18 heavy (non-hydrogen) atoms. The molecule has 0 spiro atoms. The summed E-state index contributed by atoms with van der Waals surface area (Å²) in [6.45, 7) is 11.1. The van der Waals surface area contributed by atoms with Gasteiger partial charge in [-0.1, -0.05) is 26.0 Å². The van der Waals surface area contributed by atoms with Crippen molar-refractivity contribution in [1.29, 1.82) is 0 Å². The molecule has 0 saturated heterocycles. The Morgan fingerprint density at radius 2 is 2.11 bits per heavy atom. The first-order chi connectivity index (χ1) is 8.49. The maximum atomic E-state index is 10.8. The van der Waals surface area contributed by atoms with Gasteiger partial charge in [-0.15, -0.1) is 0 Å². The van der Waals surface area contributed by atoms with Gasteiger partial charge in [0, 0.05) is 6.04 Å². The van der Waals surface area contributed by atoms with Crippen LogP contribution < -0.4 is 5.32 Å². The van der Waals surface area contributed by atoms with E-state index in [-0.39, 0.29) is 0 Å². The van der Waals surface area contributed by atoms with Gasteiger partial charge in [-0.3, -0.25) is 4.79 Å². The molecule has 2 nitrogen and oxygen atoms in total. The number of rotatable bonds is 3. The summed E-state index contributed by atoms with van der Waals surface area (Å²) in [5.74, 6) is 2.21. The van der Waals surface area contributed by atoms with Gasteiger partial charge in [0.25, 0.3) is 0 Å². The van der Waals surface area contributed by atoms with Crippen molar-refractivity contribution < 1.29 is 4.79 Å². The summed E-state index contributed by atoms with van der Waals surface area (Å²) in [5.41, 5.74) is 1.64. The molecule has 2 saturated carbocycles. The van der Waals surface area contributed by atoms with Gasteiger partial charge in [-0.05, 0) is 62.2 Å². The van der Waals surface area contributed by atoms with Gasteiger partial charge in [0.05, 0.1) is 0 Å². The number of amides is 1. The van der Waals surface area contributed by atoms with Crippen LogP contribution in [0, 0.1) is 23.2 Å². The minimum absolute atomic E-state index is 0.296. The first-order valence-electron chi connectivity index (χ1n) is 7.34. The molecule has 102 valence electrons. The van der Waals surface area contributed by atoms with Crippen molar-refractivity contribution in [2.24, 2.45) is 23.2 Å². The molecule has 5 atom stereocenters. The fourth-order valence-electron chi connectivity index (χ4n) is 4.44. The number of nitrogens with one attached hydrogen (secondary N) is 1. The van der Waals surface area contributed by atoms with Gasteiger partial charge >= 0.3 is 0 Å². The molecule has 2 aliphatic rings. The first kappa shape index (κ1) is 13.6. The smallest absolute Gasteiger partial charge is 0.207 e. The van der Waals surface area contributed by atoms with E-state index in [2.05, 4.69) is 32.7 Å². The molecule has 0 aromatic rings. The van der Waals surface area contributed by atoms with Gasteiger partial charge in [0.1, 0.15) is 0 Å². The fraction of sp³-hybridized carbons (Fsp3) is 0.812. The number of carbonyl (C=O) groups excluding carboxylic acids is 1. The van der Waals surface area contributed by atoms with Crippen molar-refractivity contribution in [3.8, 4) is 0 Å². The lowest BCUT2D eigenvalue weighted by molar-refractivity contribution is -0.113. The molecule has 0 heterocycles. The number of hydrogen-bond donors (Lipinski definition) is 1. The van der Waals surface area contributed by atoms with E-state index in [0.29, 0.717) is 17.4 Å². The Morgan fingerprint density at radius 3 is 2.72 bits per heavy atom. The van der Waals surface area contributed by atoms with Gasteiger partial charge in [-0.25, -0.2) is 0 Å².